The number of halogens is 2. The third kappa shape index (κ3) is 4.72. The van der Waals surface area contributed by atoms with Crippen LogP contribution in [0.2, 0.25) is 0 Å². The lowest BCUT2D eigenvalue weighted by Gasteiger charge is -2.28. The number of hydrogen-bond acceptors (Lipinski definition) is 4. The molecule has 0 fully saturated rings. The summed E-state index contributed by atoms with van der Waals surface area (Å²) in [6.45, 7) is 1.87. The molecule has 0 spiro atoms. The maximum atomic E-state index is 14.6. The van der Waals surface area contributed by atoms with Gasteiger partial charge in [0.15, 0.2) is 0 Å². The van der Waals surface area contributed by atoms with Crippen molar-refractivity contribution >= 4 is 21.6 Å². The predicted molar refractivity (Wildman–Crippen MR) is 139 cm³/mol. The van der Waals surface area contributed by atoms with Gasteiger partial charge in [0.05, 0.1) is 22.7 Å². The standard InChI is InChI=1S/C28H26F2N4O3S/c1-19-12-13-20(29)16-27(19)38(36,37)33-15-14-26-23(17-33)25(31-32(26)2)18-34(21-8-4-3-5-9-21)28(35)22-10-6-7-11-24(22)30/h3-13,16H,14-15,17-18H2,1-2H3. The Bertz CT molecular complexity index is 1620. The average molecular weight is 537 g/mol. The van der Waals surface area contributed by atoms with Crippen LogP contribution in [-0.2, 0) is 36.6 Å². The third-order valence-corrected chi connectivity index (χ3v) is 8.77. The monoisotopic (exact) mass is 536 g/mol. The summed E-state index contributed by atoms with van der Waals surface area (Å²) in [5, 5.41) is 4.62. The number of para-hydroxylation sites is 1. The van der Waals surface area contributed by atoms with Crippen molar-refractivity contribution in [3.63, 3.8) is 0 Å². The first-order valence-corrected chi connectivity index (χ1v) is 13.5. The van der Waals surface area contributed by atoms with Gasteiger partial charge in [0.1, 0.15) is 11.6 Å². The maximum absolute atomic E-state index is 14.6. The van der Waals surface area contributed by atoms with Crippen molar-refractivity contribution in [1.29, 1.82) is 0 Å². The van der Waals surface area contributed by atoms with Gasteiger partial charge < -0.3 is 4.90 Å². The van der Waals surface area contributed by atoms with Crippen molar-refractivity contribution in [2.24, 2.45) is 7.05 Å². The molecular formula is C28H26F2N4O3S. The Morgan fingerprint density at radius 2 is 1.74 bits per heavy atom. The van der Waals surface area contributed by atoms with Crippen LogP contribution in [0.4, 0.5) is 14.5 Å². The van der Waals surface area contributed by atoms with Gasteiger partial charge in [-0.25, -0.2) is 17.2 Å². The van der Waals surface area contributed by atoms with E-state index in [0.717, 1.165) is 11.8 Å². The van der Waals surface area contributed by atoms with Crippen LogP contribution in [0.1, 0.15) is 32.9 Å². The van der Waals surface area contributed by atoms with Crippen LogP contribution in [0.15, 0.2) is 77.7 Å². The Morgan fingerprint density at radius 3 is 2.47 bits per heavy atom. The Hall–Kier alpha value is -3.89. The van der Waals surface area contributed by atoms with Gasteiger partial charge in [0.2, 0.25) is 10.0 Å². The van der Waals surface area contributed by atoms with Gasteiger partial charge in [-0.2, -0.15) is 9.40 Å². The van der Waals surface area contributed by atoms with Crippen molar-refractivity contribution in [1.82, 2.24) is 14.1 Å². The summed E-state index contributed by atoms with van der Waals surface area (Å²) >= 11 is 0. The summed E-state index contributed by atoms with van der Waals surface area (Å²) in [5.74, 6) is -1.80. The van der Waals surface area contributed by atoms with Crippen LogP contribution in [0.3, 0.4) is 0 Å². The molecule has 0 unspecified atom stereocenters. The number of aromatic nitrogens is 2. The molecule has 1 aliphatic heterocycles. The fourth-order valence-corrected chi connectivity index (χ4v) is 6.43. The molecule has 10 heteroatoms. The highest BCUT2D eigenvalue weighted by Gasteiger charge is 2.34. The van der Waals surface area contributed by atoms with Crippen LogP contribution < -0.4 is 4.90 Å². The van der Waals surface area contributed by atoms with Gasteiger partial charge in [-0.15, -0.1) is 0 Å². The SMILES string of the molecule is Cc1ccc(F)cc1S(=O)(=O)N1CCc2c(c(CN(C(=O)c3ccccc3F)c3ccccc3)nn2C)C1. The zero-order valence-electron chi connectivity index (χ0n) is 20.9. The topological polar surface area (TPSA) is 75.5 Å². The lowest BCUT2D eigenvalue weighted by atomic mass is 10.1. The first-order valence-electron chi connectivity index (χ1n) is 12.1. The van der Waals surface area contributed by atoms with Gasteiger partial charge in [-0.05, 0) is 48.9 Å². The van der Waals surface area contributed by atoms with Crippen molar-refractivity contribution in [3.8, 4) is 0 Å². The Kier molecular flexibility index (Phi) is 6.85. The van der Waals surface area contributed by atoms with Gasteiger partial charge >= 0.3 is 0 Å². The predicted octanol–water partition coefficient (Wildman–Crippen LogP) is 4.60. The average Bonchev–Trinajstić information content (AvgIpc) is 3.23. The number of rotatable bonds is 6. The van der Waals surface area contributed by atoms with Gasteiger partial charge in [-0.1, -0.05) is 36.4 Å². The van der Waals surface area contributed by atoms with E-state index in [4.69, 9.17) is 0 Å². The minimum absolute atomic E-state index is 0.00718. The molecular weight excluding hydrogens is 510 g/mol. The second kappa shape index (κ2) is 10.1. The van der Waals surface area contributed by atoms with Crippen molar-refractivity contribution in [3.05, 3.63) is 113 Å². The first kappa shape index (κ1) is 25.7. The lowest BCUT2D eigenvalue weighted by Crippen LogP contribution is -2.37. The van der Waals surface area contributed by atoms with E-state index in [9.17, 15) is 22.0 Å². The molecule has 7 nitrogen and oxygen atoms in total. The quantitative estimate of drug-likeness (QED) is 0.361. The van der Waals surface area contributed by atoms with Crippen molar-refractivity contribution < 1.29 is 22.0 Å². The van der Waals surface area contributed by atoms with Crippen LogP contribution in [-0.4, -0.2) is 35.0 Å². The van der Waals surface area contributed by atoms with Gasteiger partial charge in [0.25, 0.3) is 5.91 Å². The van der Waals surface area contributed by atoms with Crippen LogP contribution >= 0.6 is 0 Å². The molecule has 3 aromatic carbocycles. The third-order valence-electron chi connectivity index (χ3n) is 6.78. The number of nitrogens with zero attached hydrogens (tertiary/aromatic N) is 4. The molecule has 0 bridgehead atoms. The molecule has 0 radical (unpaired) electrons. The zero-order valence-corrected chi connectivity index (χ0v) is 21.8. The molecule has 1 aliphatic rings. The van der Waals surface area contributed by atoms with E-state index in [1.54, 1.807) is 49.0 Å². The Morgan fingerprint density at radius 1 is 1.03 bits per heavy atom. The summed E-state index contributed by atoms with van der Waals surface area (Å²) in [4.78, 5) is 14.9. The highest BCUT2D eigenvalue weighted by Crippen LogP contribution is 2.30. The van der Waals surface area contributed by atoms with Crippen molar-refractivity contribution in [2.45, 2.75) is 31.3 Å². The van der Waals surface area contributed by atoms with Crippen LogP contribution in [0, 0.1) is 18.6 Å². The minimum atomic E-state index is -3.98. The van der Waals surface area contributed by atoms with E-state index in [-0.39, 0.29) is 30.1 Å². The van der Waals surface area contributed by atoms with E-state index >= 15 is 0 Å². The van der Waals surface area contributed by atoms with Crippen LogP contribution in [0.5, 0.6) is 0 Å². The van der Waals surface area contributed by atoms with E-state index < -0.39 is 27.6 Å². The number of sulfonamides is 1. The summed E-state index contributed by atoms with van der Waals surface area (Å²) in [5.41, 5.74) is 2.97. The molecule has 0 aliphatic carbocycles. The maximum Gasteiger partial charge on any atom is 0.261 e. The molecule has 2 heterocycles. The van der Waals surface area contributed by atoms with E-state index in [2.05, 4.69) is 5.10 Å². The molecule has 1 amide bonds. The number of amides is 1. The molecule has 0 atom stereocenters. The first-order chi connectivity index (χ1) is 18.2. The molecule has 0 saturated heterocycles. The number of aryl methyl sites for hydroxylation is 2. The molecule has 0 N–H and O–H groups in total. The molecule has 5 rings (SSSR count). The molecule has 196 valence electrons. The Labute approximate surface area is 220 Å². The van der Waals surface area contributed by atoms with E-state index in [0.29, 0.717) is 28.9 Å². The summed E-state index contributed by atoms with van der Waals surface area (Å²) in [7, 11) is -2.21. The number of fused-ring (bicyclic) bond motifs is 1. The summed E-state index contributed by atoms with van der Waals surface area (Å²) < 4.78 is 58.5. The van der Waals surface area contributed by atoms with Gasteiger partial charge in [-0.3, -0.25) is 9.48 Å². The van der Waals surface area contributed by atoms with Gasteiger partial charge in [0, 0.05) is 43.5 Å². The molecule has 38 heavy (non-hydrogen) atoms. The summed E-state index contributed by atoms with van der Waals surface area (Å²) in [6.07, 6.45) is 0.402. The number of carbonyl (C=O) groups excluding carboxylic acids is 1. The largest absolute Gasteiger partial charge is 0.302 e. The highest BCUT2D eigenvalue weighted by atomic mass is 32.2. The smallest absolute Gasteiger partial charge is 0.261 e. The lowest BCUT2D eigenvalue weighted by molar-refractivity contribution is 0.0980. The second-order valence-electron chi connectivity index (χ2n) is 9.20. The van der Waals surface area contributed by atoms with E-state index in [1.165, 1.54) is 39.5 Å². The zero-order chi connectivity index (χ0) is 27.0. The molecule has 1 aromatic heterocycles. The fourth-order valence-electron chi connectivity index (χ4n) is 4.79. The fraction of sp³-hybridized carbons (Fsp3) is 0.214. The Balaban J connectivity index is 1.52. The number of hydrogen-bond donors (Lipinski definition) is 0. The molecule has 0 saturated carbocycles. The normalized spacial score (nSPS) is 13.8. The van der Waals surface area contributed by atoms with E-state index in [1.807, 2.05) is 6.07 Å². The molecule has 4 aromatic rings. The second-order valence-corrected chi connectivity index (χ2v) is 11.1. The van der Waals surface area contributed by atoms with Crippen LogP contribution in [0.25, 0.3) is 0 Å². The minimum Gasteiger partial charge on any atom is -0.302 e. The van der Waals surface area contributed by atoms with Crippen molar-refractivity contribution in [2.75, 3.05) is 11.4 Å². The number of carbonyl (C=O) groups is 1. The summed E-state index contributed by atoms with van der Waals surface area (Å²) in [6, 6.07) is 18.3. The number of benzene rings is 3. The number of anilines is 1. The highest BCUT2D eigenvalue weighted by molar-refractivity contribution is 7.89.